The van der Waals surface area contributed by atoms with Gasteiger partial charge in [0.05, 0.1) is 4.70 Å². The third-order valence-electron chi connectivity index (χ3n) is 5.42. The van der Waals surface area contributed by atoms with Crippen LogP contribution in [0.3, 0.4) is 0 Å². The average molecular weight is 437 g/mol. The molecule has 1 N–H and O–H groups in total. The Morgan fingerprint density at radius 1 is 0.688 bits per heavy atom. The van der Waals surface area contributed by atoms with E-state index in [1.165, 1.54) is 28.2 Å². The summed E-state index contributed by atoms with van der Waals surface area (Å²) in [4.78, 5) is 0. The molecule has 32 heavy (non-hydrogen) atoms. The van der Waals surface area contributed by atoms with Gasteiger partial charge in [0.15, 0.2) is 0 Å². The Kier molecular flexibility index (Phi) is 6.13. The highest BCUT2D eigenvalue weighted by Crippen LogP contribution is 2.31. The maximum Gasteiger partial charge on any atom is 0.147 e. The first-order valence-corrected chi connectivity index (χ1v) is 11.5. The zero-order chi connectivity index (χ0) is 21.6. The van der Waals surface area contributed by atoms with Gasteiger partial charge in [0, 0.05) is 11.9 Å². The largest absolute Gasteiger partial charge is 0.489 e. The highest BCUT2D eigenvalue weighted by atomic mass is 32.1. The number of fused-ring (bicyclic) bond motifs is 1. The van der Waals surface area contributed by atoms with Crippen molar-refractivity contribution in [1.29, 1.82) is 0 Å². The molecule has 1 aromatic heterocycles. The zero-order valence-electron chi connectivity index (χ0n) is 17.7. The van der Waals surface area contributed by atoms with E-state index in [2.05, 4.69) is 88.6 Å². The fourth-order valence-electron chi connectivity index (χ4n) is 3.67. The number of benzene rings is 4. The first kappa shape index (κ1) is 20.3. The third kappa shape index (κ3) is 4.98. The summed E-state index contributed by atoms with van der Waals surface area (Å²) in [6, 6.07) is 35.7. The van der Waals surface area contributed by atoms with Crippen molar-refractivity contribution in [2.45, 2.75) is 19.6 Å². The molecule has 3 nitrogen and oxygen atoms in total. The molecular formula is C28H24N2OS. The van der Waals surface area contributed by atoms with Crippen LogP contribution in [0.4, 0.5) is 5.82 Å². The molecule has 0 fully saturated rings. The molecule has 1 heterocycles. The molecule has 0 saturated heterocycles. The van der Waals surface area contributed by atoms with Crippen LogP contribution in [0.25, 0.3) is 10.1 Å². The Bertz CT molecular complexity index is 1280. The molecule has 0 aliphatic carbocycles. The van der Waals surface area contributed by atoms with Crippen LogP contribution in [-0.2, 0) is 19.6 Å². The van der Waals surface area contributed by atoms with Gasteiger partial charge in [-0.05, 0) is 58.4 Å². The molecule has 5 aromatic rings. The van der Waals surface area contributed by atoms with Gasteiger partial charge in [-0.15, -0.1) is 0 Å². The summed E-state index contributed by atoms with van der Waals surface area (Å²) in [5.41, 5.74) is 5.04. The van der Waals surface area contributed by atoms with Crippen LogP contribution in [0.2, 0.25) is 0 Å². The van der Waals surface area contributed by atoms with Gasteiger partial charge in [-0.3, -0.25) is 0 Å². The monoisotopic (exact) mass is 436 g/mol. The Labute approximate surface area is 192 Å². The fourth-order valence-corrected chi connectivity index (χ4v) is 4.40. The molecule has 0 atom stereocenters. The predicted octanol–water partition coefficient (Wildman–Crippen LogP) is 7.08. The SMILES string of the molecule is c1ccc(COc2ccc3snc(NCc4ccc(Cc5ccccc5)cc4)c3c2)cc1. The minimum atomic E-state index is 0.558. The van der Waals surface area contributed by atoms with Crippen molar-refractivity contribution in [2.75, 3.05) is 5.32 Å². The average Bonchev–Trinajstić information content (AvgIpc) is 3.26. The van der Waals surface area contributed by atoms with Crippen molar-refractivity contribution in [3.05, 3.63) is 125 Å². The number of hydrogen-bond acceptors (Lipinski definition) is 4. The zero-order valence-corrected chi connectivity index (χ0v) is 18.5. The third-order valence-corrected chi connectivity index (χ3v) is 6.25. The lowest BCUT2D eigenvalue weighted by molar-refractivity contribution is 0.306. The molecular weight excluding hydrogens is 412 g/mol. The van der Waals surface area contributed by atoms with Gasteiger partial charge < -0.3 is 10.1 Å². The lowest BCUT2D eigenvalue weighted by Crippen LogP contribution is -2.00. The molecule has 0 aliphatic rings. The first-order valence-electron chi connectivity index (χ1n) is 10.8. The number of hydrogen-bond donors (Lipinski definition) is 1. The highest BCUT2D eigenvalue weighted by Gasteiger charge is 2.08. The molecule has 4 heteroatoms. The van der Waals surface area contributed by atoms with Crippen LogP contribution in [0.1, 0.15) is 22.3 Å². The molecule has 0 radical (unpaired) electrons. The van der Waals surface area contributed by atoms with Crippen LogP contribution in [0, 0.1) is 0 Å². The Morgan fingerprint density at radius 2 is 1.34 bits per heavy atom. The molecule has 4 aromatic carbocycles. The van der Waals surface area contributed by atoms with Crippen LogP contribution in [0.5, 0.6) is 5.75 Å². The van der Waals surface area contributed by atoms with Gasteiger partial charge in [-0.2, -0.15) is 4.37 Å². The minimum absolute atomic E-state index is 0.558. The number of anilines is 1. The van der Waals surface area contributed by atoms with E-state index in [0.29, 0.717) is 6.61 Å². The van der Waals surface area contributed by atoms with Gasteiger partial charge in [-0.25, -0.2) is 0 Å². The van der Waals surface area contributed by atoms with Gasteiger partial charge in [-0.1, -0.05) is 84.9 Å². The Morgan fingerprint density at radius 3 is 2.09 bits per heavy atom. The van der Waals surface area contributed by atoms with Crippen molar-refractivity contribution < 1.29 is 4.74 Å². The van der Waals surface area contributed by atoms with Crippen molar-refractivity contribution in [3.63, 3.8) is 0 Å². The van der Waals surface area contributed by atoms with E-state index in [4.69, 9.17) is 4.74 Å². The standard InChI is InChI=1S/C28H24N2OS/c1-3-7-21(8-4-1)17-22-11-13-23(14-12-22)19-29-28-26-18-25(15-16-27(26)32-30-28)31-20-24-9-5-2-6-10-24/h1-16,18H,17,19-20H2,(H,29,30). The summed E-state index contributed by atoms with van der Waals surface area (Å²) in [7, 11) is 0. The van der Waals surface area contributed by atoms with Crippen molar-refractivity contribution >= 4 is 27.4 Å². The van der Waals surface area contributed by atoms with Crippen LogP contribution >= 0.6 is 11.5 Å². The summed E-state index contributed by atoms with van der Waals surface area (Å²) >= 11 is 1.51. The topological polar surface area (TPSA) is 34.1 Å². The van der Waals surface area contributed by atoms with Gasteiger partial charge in [0.2, 0.25) is 0 Å². The molecule has 0 amide bonds. The predicted molar refractivity (Wildman–Crippen MR) is 133 cm³/mol. The summed E-state index contributed by atoms with van der Waals surface area (Å²) in [6.45, 7) is 1.29. The molecule has 0 spiro atoms. The Balaban J connectivity index is 1.23. The smallest absolute Gasteiger partial charge is 0.147 e. The van der Waals surface area contributed by atoms with Crippen LogP contribution in [-0.4, -0.2) is 4.37 Å². The summed E-state index contributed by atoms with van der Waals surface area (Å²) in [6.07, 6.45) is 0.955. The molecule has 0 saturated carbocycles. The maximum atomic E-state index is 6.00. The van der Waals surface area contributed by atoms with Crippen molar-refractivity contribution in [1.82, 2.24) is 4.37 Å². The second kappa shape index (κ2) is 9.67. The minimum Gasteiger partial charge on any atom is -0.489 e. The normalized spacial score (nSPS) is 10.9. The van der Waals surface area contributed by atoms with Crippen LogP contribution < -0.4 is 10.1 Å². The molecule has 0 aliphatic heterocycles. The van der Waals surface area contributed by atoms with Crippen molar-refractivity contribution in [2.24, 2.45) is 0 Å². The highest BCUT2D eigenvalue weighted by molar-refractivity contribution is 7.13. The quantitative estimate of drug-likeness (QED) is 0.282. The van der Waals surface area contributed by atoms with Gasteiger partial charge in [0.25, 0.3) is 0 Å². The van der Waals surface area contributed by atoms with Crippen molar-refractivity contribution in [3.8, 4) is 5.75 Å². The number of nitrogens with one attached hydrogen (secondary N) is 1. The lowest BCUT2D eigenvalue weighted by Gasteiger charge is -2.08. The molecule has 0 bridgehead atoms. The second-order valence-corrected chi connectivity index (χ2v) is 8.60. The van der Waals surface area contributed by atoms with E-state index in [-0.39, 0.29) is 0 Å². The fraction of sp³-hybridized carbons (Fsp3) is 0.107. The first-order chi connectivity index (χ1) is 15.8. The molecule has 158 valence electrons. The number of aromatic nitrogens is 1. The van der Waals surface area contributed by atoms with E-state index in [9.17, 15) is 0 Å². The summed E-state index contributed by atoms with van der Waals surface area (Å²) < 4.78 is 11.8. The molecule has 0 unspecified atom stereocenters. The van der Waals surface area contributed by atoms with E-state index in [0.717, 1.165) is 40.2 Å². The van der Waals surface area contributed by atoms with E-state index < -0.39 is 0 Å². The molecule has 5 rings (SSSR count). The van der Waals surface area contributed by atoms with Gasteiger partial charge in [0.1, 0.15) is 18.2 Å². The second-order valence-electron chi connectivity index (χ2n) is 7.80. The summed E-state index contributed by atoms with van der Waals surface area (Å²) in [5, 5.41) is 4.60. The van der Waals surface area contributed by atoms with E-state index >= 15 is 0 Å². The number of nitrogens with zero attached hydrogens (tertiary/aromatic N) is 1. The summed E-state index contributed by atoms with van der Waals surface area (Å²) in [5.74, 6) is 1.76. The maximum absolute atomic E-state index is 6.00. The number of ether oxygens (including phenoxy) is 1. The van der Waals surface area contributed by atoms with E-state index in [1.807, 2.05) is 24.3 Å². The van der Waals surface area contributed by atoms with Crippen LogP contribution in [0.15, 0.2) is 103 Å². The van der Waals surface area contributed by atoms with E-state index in [1.54, 1.807) is 0 Å². The Hall–Kier alpha value is -3.63. The van der Waals surface area contributed by atoms with Gasteiger partial charge >= 0.3 is 0 Å². The lowest BCUT2D eigenvalue weighted by atomic mass is 10.0. The number of rotatable bonds is 8.